The van der Waals surface area contributed by atoms with Crippen molar-refractivity contribution in [2.24, 2.45) is 0 Å². The van der Waals surface area contributed by atoms with E-state index in [1.54, 1.807) is 6.20 Å². The maximum atomic E-state index is 6.49. The van der Waals surface area contributed by atoms with Crippen LogP contribution in [0.15, 0.2) is 158 Å². The van der Waals surface area contributed by atoms with Crippen LogP contribution in [0, 0.1) is 7.05 Å². The molecule has 0 fully saturated rings. The molecular weight excluding hydrogens is 564 g/mol. The van der Waals surface area contributed by atoms with Crippen LogP contribution in [0.2, 0.25) is 0 Å². The van der Waals surface area contributed by atoms with Gasteiger partial charge in [0, 0.05) is 39.7 Å². The van der Waals surface area contributed by atoms with E-state index >= 15 is 0 Å². The molecule has 0 radical (unpaired) electrons. The molecule has 0 aliphatic rings. The van der Waals surface area contributed by atoms with Crippen molar-refractivity contribution in [2.45, 2.75) is 0 Å². The molecule has 0 N–H and O–H groups in total. The molecule has 0 amide bonds. The van der Waals surface area contributed by atoms with E-state index in [9.17, 15) is 0 Å². The third-order valence-electron chi connectivity index (χ3n) is 8.70. The molecule has 0 aliphatic carbocycles. The van der Waals surface area contributed by atoms with Gasteiger partial charge in [0.2, 0.25) is 0 Å². The highest BCUT2D eigenvalue weighted by Crippen LogP contribution is 2.41. The van der Waals surface area contributed by atoms with Crippen LogP contribution >= 0.6 is 0 Å². The topological polar surface area (TPSA) is 35.9 Å². The minimum atomic E-state index is 0.746. The number of aromatic nitrogens is 4. The number of hydrogen-bond acceptors (Lipinski definition) is 2. The molecule has 0 spiro atoms. The first-order valence-electron chi connectivity index (χ1n) is 15.3. The van der Waals surface area contributed by atoms with Crippen LogP contribution in [0.5, 0.6) is 11.5 Å². The molecule has 9 aromatic rings. The molecule has 5 nitrogen and oxygen atoms in total. The van der Waals surface area contributed by atoms with E-state index in [1.165, 1.54) is 21.7 Å². The van der Waals surface area contributed by atoms with Gasteiger partial charge in [-0.1, -0.05) is 72.8 Å². The molecule has 0 bridgehead atoms. The van der Waals surface area contributed by atoms with Gasteiger partial charge >= 0.3 is 0 Å². The predicted octanol–water partition coefficient (Wildman–Crippen LogP) is 9.66. The van der Waals surface area contributed by atoms with Crippen LogP contribution in [0.25, 0.3) is 66.4 Å². The lowest BCUT2D eigenvalue weighted by molar-refractivity contribution is -0.586. The Balaban J connectivity index is 1.29. The zero-order valence-corrected chi connectivity index (χ0v) is 24.9. The van der Waals surface area contributed by atoms with Gasteiger partial charge in [0.05, 0.1) is 22.1 Å². The van der Waals surface area contributed by atoms with Gasteiger partial charge in [0.25, 0.3) is 0 Å². The molecule has 0 unspecified atom stereocenters. The highest BCUT2D eigenvalue weighted by molar-refractivity contribution is 6.25. The number of ether oxygens (including phenoxy) is 1. The monoisotopic (exact) mass is 592 g/mol. The third-order valence-corrected chi connectivity index (χ3v) is 8.70. The second-order valence-corrected chi connectivity index (χ2v) is 11.4. The van der Waals surface area contributed by atoms with Gasteiger partial charge in [-0.15, -0.1) is 0 Å². The summed E-state index contributed by atoms with van der Waals surface area (Å²) in [4.78, 5) is 4.51. The van der Waals surface area contributed by atoms with E-state index in [-0.39, 0.29) is 0 Å². The number of fused-ring (bicyclic) bond motifs is 7. The molecule has 0 saturated heterocycles. The Bertz CT molecular complexity index is 2560. The van der Waals surface area contributed by atoms with Crippen LogP contribution in [-0.4, -0.2) is 14.1 Å². The van der Waals surface area contributed by atoms with Crippen molar-refractivity contribution < 1.29 is 9.30 Å². The lowest BCUT2D eigenvalue weighted by Crippen LogP contribution is -2.27. The number of hydrogen-bond donors (Lipinski definition) is 0. The fourth-order valence-corrected chi connectivity index (χ4v) is 6.78. The minimum Gasteiger partial charge on any atom is -0.457 e. The quantitative estimate of drug-likeness (QED) is 0.147. The molecule has 5 aromatic carbocycles. The number of para-hydroxylation sites is 2. The van der Waals surface area contributed by atoms with E-state index < -0.39 is 0 Å². The first-order chi connectivity index (χ1) is 22.7. The number of pyridine rings is 2. The van der Waals surface area contributed by atoms with Crippen LogP contribution in [0.4, 0.5) is 0 Å². The summed E-state index contributed by atoms with van der Waals surface area (Å²) in [6.45, 7) is 0. The van der Waals surface area contributed by atoms with Crippen LogP contribution in [0.1, 0.15) is 0 Å². The Morgan fingerprint density at radius 1 is 0.565 bits per heavy atom. The molecule has 218 valence electrons. The Morgan fingerprint density at radius 3 is 2.20 bits per heavy atom. The standard InChI is InChI=1S/C41H28N4O/c1-43-25-11-19-34-33-22-23-38-39(35-18-5-6-21-37(35)44(38)29-13-3-2-4-14-29)40(33)45(41(34)43)30-15-10-17-32(27-30)46-31-16-9-12-28(26-31)36-20-7-8-24-42-36/h2-27H,1H2. The Labute approximate surface area is 265 Å². The van der Waals surface area contributed by atoms with E-state index in [2.05, 4.69) is 118 Å². The van der Waals surface area contributed by atoms with Crippen molar-refractivity contribution >= 4 is 43.7 Å². The van der Waals surface area contributed by atoms with Gasteiger partial charge in [0.1, 0.15) is 22.7 Å². The fraction of sp³-hybridized carbons (Fsp3) is 0. The first kappa shape index (κ1) is 26.1. The molecule has 0 aliphatic heterocycles. The van der Waals surface area contributed by atoms with E-state index in [1.807, 2.05) is 59.3 Å². The molecular formula is C41H28N4O. The highest BCUT2D eigenvalue weighted by Gasteiger charge is 2.24. The maximum absolute atomic E-state index is 6.49. The van der Waals surface area contributed by atoms with E-state index in [0.29, 0.717) is 0 Å². The number of nitrogens with zero attached hydrogens (tertiary/aromatic N) is 4. The van der Waals surface area contributed by atoms with Crippen LogP contribution < -0.4 is 9.30 Å². The molecule has 4 heterocycles. The minimum absolute atomic E-state index is 0.746. The fourth-order valence-electron chi connectivity index (χ4n) is 6.78. The summed E-state index contributed by atoms with van der Waals surface area (Å²) >= 11 is 0. The molecule has 46 heavy (non-hydrogen) atoms. The molecule has 5 heteroatoms. The van der Waals surface area contributed by atoms with Gasteiger partial charge in [0.15, 0.2) is 5.65 Å². The van der Waals surface area contributed by atoms with Crippen molar-refractivity contribution in [2.75, 3.05) is 0 Å². The first-order valence-corrected chi connectivity index (χ1v) is 15.3. The second-order valence-electron chi connectivity index (χ2n) is 11.4. The summed E-state index contributed by atoms with van der Waals surface area (Å²) in [6, 6.07) is 50.3. The summed E-state index contributed by atoms with van der Waals surface area (Å²) in [5, 5.41) is 4.71. The summed E-state index contributed by atoms with van der Waals surface area (Å²) in [5.74, 6) is 1.50. The molecule has 4 aromatic heterocycles. The van der Waals surface area contributed by atoms with Gasteiger partial charge in [-0.2, -0.15) is 0 Å². The summed E-state index contributed by atoms with van der Waals surface area (Å²) in [5.41, 5.74) is 8.50. The maximum Gasteiger partial charge on any atom is 0.192 e. The summed E-state index contributed by atoms with van der Waals surface area (Å²) in [7, 11) is 4.41. The van der Waals surface area contributed by atoms with Gasteiger partial charge in [-0.05, 0) is 80.0 Å². The van der Waals surface area contributed by atoms with E-state index in [0.717, 1.165) is 56.2 Å². The van der Waals surface area contributed by atoms with Crippen molar-refractivity contribution in [1.29, 1.82) is 0 Å². The zero-order valence-electron chi connectivity index (χ0n) is 24.9. The molecule has 9 rings (SSSR count). The Morgan fingerprint density at radius 2 is 1.33 bits per heavy atom. The molecule has 0 atom stereocenters. The van der Waals surface area contributed by atoms with Crippen molar-refractivity contribution in [3.63, 3.8) is 0 Å². The van der Waals surface area contributed by atoms with Crippen molar-refractivity contribution in [1.82, 2.24) is 14.1 Å². The Kier molecular flexibility index (Phi) is 5.90. The van der Waals surface area contributed by atoms with Crippen LogP contribution in [-0.2, 0) is 0 Å². The van der Waals surface area contributed by atoms with Gasteiger partial charge < -0.3 is 13.9 Å². The van der Waals surface area contributed by atoms with Gasteiger partial charge in [-0.25, -0.2) is 4.57 Å². The Hall–Kier alpha value is -6.33. The zero-order chi connectivity index (χ0) is 30.6. The number of rotatable bonds is 5. The van der Waals surface area contributed by atoms with E-state index in [4.69, 9.17) is 4.74 Å². The molecule has 0 saturated carbocycles. The third kappa shape index (κ3) is 4.06. The SMILES string of the molecule is [CH2-][n+]1cccc2c3ccc4c(c5ccccc5n4-c4ccccc4)c3n(-c3cccc(Oc4cccc(-c5ccccn5)c4)c3)c21. The van der Waals surface area contributed by atoms with Crippen LogP contribution in [0.3, 0.4) is 0 Å². The van der Waals surface area contributed by atoms with Gasteiger partial charge in [-0.3, -0.25) is 4.98 Å². The second kappa shape index (κ2) is 10.4. The van der Waals surface area contributed by atoms with Crippen molar-refractivity contribution in [3.8, 4) is 34.1 Å². The predicted molar refractivity (Wildman–Crippen MR) is 186 cm³/mol. The lowest BCUT2D eigenvalue weighted by atomic mass is 10.1. The lowest BCUT2D eigenvalue weighted by Gasteiger charge is -2.11. The summed E-state index contributed by atoms with van der Waals surface area (Å²) in [6.07, 6.45) is 3.81. The summed E-state index contributed by atoms with van der Waals surface area (Å²) < 4.78 is 13.1. The average Bonchev–Trinajstić information content (AvgIpc) is 3.63. The smallest absolute Gasteiger partial charge is 0.192 e. The highest BCUT2D eigenvalue weighted by atomic mass is 16.5. The number of benzene rings is 5. The normalized spacial score (nSPS) is 11.6. The average molecular weight is 593 g/mol. The van der Waals surface area contributed by atoms with Crippen molar-refractivity contribution in [3.05, 3.63) is 165 Å². The largest absolute Gasteiger partial charge is 0.457 e.